The van der Waals surface area contributed by atoms with E-state index in [2.05, 4.69) is 61.8 Å². The molecule has 4 aliphatic rings. The highest BCUT2D eigenvalue weighted by molar-refractivity contribution is 6.42. The molecule has 3 N–H and O–H groups in total. The van der Waals surface area contributed by atoms with Gasteiger partial charge in [-0.25, -0.2) is 0 Å². The largest absolute Gasteiger partial charge is 0.379 e. The van der Waals surface area contributed by atoms with E-state index < -0.39 is 0 Å². The second kappa shape index (κ2) is 30.8. The van der Waals surface area contributed by atoms with Crippen LogP contribution in [0.2, 0.25) is 30.1 Å². The first-order chi connectivity index (χ1) is 37.1. The number of carbonyl (C=O) groups is 4. The lowest BCUT2D eigenvalue weighted by molar-refractivity contribution is -0.134. The molecule has 0 spiro atoms. The maximum atomic E-state index is 14.0. The van der Waals surface area contributed by atoms with Crippen LogP contribution in [0.1, 0.15) is 98.2 Å². The third-order valence-corrected chi connectivity index (χ3v) is 17.0. The Hall–Kier alpha value is -3.70. The summed E-state index contributed by atoms with van der Waals surface area (Å²) in [5.74, 6) is 0.273. The number of nitrogens with one attached hydrogen (secondary N) is 3. The maximum Gasteiger partial charge on any atom is 0.251 e. The van der Waals surface area contributed by atoms with E-state index >= 15 is 0 Å². The molecule has 4 aromatic carbocycles. The van der Waals surface area contributed by atoms with Gasteiger partial charge in [0, 0.05) is 113 Å². The fraction of sp³-hybridized carbons (Fsp3) is 0.517. The van der Waals surface area contributed by atoms with Crippen LogP contribution in [-0.2, 0) is 32.2 Å². The minimum Gasteiger partial charge on any atom is -0.379 e. The topological polar surface area (TPSA) is 130 Å². The minimum absolute atomic E-state index is 0.000272. The van der Waals surface area contributed by atoms with Crippen molar-refractivity contribution in [1.82, 2.24) is 40.4 Å². The van der Waals surface area contributed by atoms with Gasteiger partial charge in [0.1, 0.15) is 0 Å². The van der Waals surface area contributed by atoms with Crippen LogP contribution in [0.3, 0.4) is 0 Å². The number of ether oxygens (including phenoxy) is 1. The zero-order chi connectivity index (χ0) is 54.8. The highest BCUT2D eigenvalue weighted by atomic mass is 35.5. The fourth-order valence-corrected chi connectivity index (χ4v) is 11.8. The highest BCUT2D eigenvalue weighted by Gasteiger charge is 2.35. The monoisotopic (exact) mass is 1170 g/mol. The Morgan fingerprint density at radius 3 is 1.91 bits per heavy atom. The normalized spacial score (nSPS) is 21.1. The van der Waals surface area contributed by atoms with Crippen LogP contribution in [0, 0.1) is 0 Å². The van der Waals surface area contributed by atoms with Crippen LogP contribution >= 0.6 is 69.6 Å². The zero-order valence-corrected chi connectivity index (χ0v) is 48.8. The van der Waals surface area contributed by atoms with Crippen LogP contribution in [0.5, 0.6) is 0 Å². The summed E-state index contributed by atoms with van der Waals surface area (Å²) in [7, 11) is 0. The van der Waals surface area contributed by atoms with Crippen molar-refractivity contribution in [3.8, 4) is 0 Å². The first-order valence-electron chi connectivity index (χ1n) is 27.2. The van der Waals surface area contributed by atoms with Crippen molar-refractivity contribution >= 4 is 93.2 Å². The summed E-state index contributed by atoms with van der Waals surface area (Å²) < 4.78 is 5.45. The number of amides is 4. The molecule has 0 radical (unpaired) electrons. The van der Waals surface area contributed by atoms with Crippen LogP contribution in [-0.4, -0.2) is 158 Å². The van der Waals surface area contributed by atoms with Gasteiger partial charge in [0.05, 0.1) is 45.4 Å². The molecule has 4 amide bonds. The first-order valence-corrected chi connectivity index (χ1v) is 29.4. The average Bonchev–Trinajstić information content (AvgIpc) is 3.67. The van der Waals surface area contributed by atoms with E-state index in [1.807, 2.05) is 40.1 Å². The van der Waals surface area contributed by atoms with Crippen molar-refractivity contribution in [2.24, 2.45) is 0 Å². The summed E-state index contributed by atoms with van der Waals surface area (Å²) in [5.41, 5.74) is 3.53. The van der Waals surface area contributed by atoms with E-state index in [9.17, 15) is 19.2 Å². The molecule has 13 nitrogen and oxygen atoms in total. The van der Waals surface area contributed by atoms with Gasteiger partial charge in [-0.3, -0.25) is 24.1 Å². The van der Waals surface area contributed by atoms with E-state index in [-0.39, 0.29) is 47.8 Å². The van der Waals surface area contributed by atoms with E-state index in [1.165, 1.54) is 24.8 Å². The second-order valence-corrected chi connectivity index (χ2v) is 23.2. The van der Waals surface area contributed by atoms with Gasteiger partial charge < -0.3 is 40.3 Å². The number of hydrogen-bond donors (Lipinski definition) is 3. The van der Waals surface area contributed by atoms with Gasteiger partial charge >= 0.3 is 0 Å². The number of piperidine rings is 1. The number of likely N-dealkylation sites (tertiary alicyclic amines) is 1. The number of nitrogens with zero attached hydrogens (tertiary/aromatic N) is 5. The quantitative estimate of drug-likeness (QED) is 0.0840. The predicted molar refractivity (Wildman–Crippen MR) is 312 cm³/mol. The Balaban J connectivity index is 0.000000224. The molecule has 4 fully saturated rings. The van der Waals surface area contributed by atoms with E-state index in [1.54, 1.807) is 37.3 Å². The highest BCUT2D eigenvalue weighted by Crippen LogP contribution is 2.27. The van der Waals surface area contributed by atoms with Gasteiger partial charge in [-0.2, -0.15) is 0 Å². The predicted octanol–water partition coefficient (Wildman–Crippen LogP) is 10.5. The smallest absolute Gasteiger partial charge is 0.251 e. The molecule has 4 heterocycles. The standard InChI is InChI=1S/C32H44Cl2N4O2.C26H30Cl4N4O3/c1-3-26(27-10-6-4-7-11-27)22-37-19-14-28(35-31(32(37)40)15-18-36-16-8-5-9-17-36)23-38(24(2)39)21-25-12-13-29(33)30(34)20-25;27-19-11-17(12-20(28)14-19)16-34-6-3-21(15-31-25(35)18-1-2-22(29)23(30)13-18)32-24(26(34)36)4-5-33-7-9-37-10-8-33/h4,6-7,10-13,20,26,28,31,35H,3,5,8-9,14-19,21-23H2,1-2H3;1-2,11-14,21,24,32H,3-10,15-16H2,(H,31,35)/t26-,28+,31+;21-,24-/m10/s1. The van der Waals surface area contributed by atoms with E-state index in [0.29, 0.717) is 113 Å². The summed E-state index contributed by atoms with van der Waals surface area (Å²) in [5, 5.41) is 13.0. The first kappa shape index (κ1) is 60.9. The molecule has 0 unspecified atom stereocenters. The van der Waals surface area contributed by atoms with Crippen molar-refractivity contribution in [3.05, 3.63) is 137 Å². The Morgan fingerprint density at radius 1 is 0.675 bits per heavy atom. The molecule has 19 heteroatoms. The Morgan fingerprint density at radius 2 is 1.27 bits per heavy atom. The van der Waals surface area contributed by atoms with E-state index in [4.69, 9.17) is 74.3 Å². The summed E-state index contributed by atoms with van der Waals surface area (Å²) in [6, 6.07) is 25.4. The zero-order valence-electron chi connectivity index (χ0n) is 44.3. The number of benzene rings is 4. The van der Waals surface area contributed by atoms with E-state index in [0.717, 1.165) is 69.7 Å². The van der Waals surface area contributed by atoms with Crippen LogP contribution in [0.25, 0.3) is 0 Å². The Labute approximate surface area is 485 Å². The minimum atomic E-state index is -0.383. The molecule has 0 aliphatic carbocycles. The molecule has 4 saturated heterocycles. The molecular weight excluding hydrogens is 1100 g/mol. The molecular formula is C58H74Cl6N8O5. The molecule has 0 aromatic heterocycles. The molecule has 0 saturated carbocycles. The summed E-state index contributed by atoms with van der Waals surface area (Å²) in [6.45, 7) is 14.6. The third kappa shape index (κ3) is 19.0. The van der Waals surface area contributed by atoms with Crippen LogP contribution in [0.15, 0.2) is 84.9 Å². The van der Waals surface area contributed by atoms with Gasteiger partial charge in [-0.1, -0.05) is 119 Å². The van der Waals surface area contributed by atoms with Crippen LogP contribution in [0.4, 0.5) is 0 Å². The average molecular weight is 1180 g/mol. The number of morpholine rings is 1. The summed E-state index contributed by atoms with van der Waals surface area (Å²) in [6.07, 6.45) is 7.65. The third-order valence-electron chi connectivity index (χ3n) is 15.0. The van der Waals surface area contributed by atoms with Gasteiger partial charge in [0.25, 0.3) is 5.91 Å². The molecule has 0 bridgehead atoms. The molecule has 77 heavy (non-hydrogen) atoms. The van der Waals surface area contributed by atoms with Gasteiger partial charge in [0.2, 0.25) is 17.7 Å². The van der Waals surface area contributed by atoms with Gasteiger partial charge in [0.15, 0.2) is 0 Å². The lowest BCUT2D eigenvalue weighted by atomic mass is 9.95. The summed E-state index contributed by atoms with van der Waals surface area (Å²) in [4.78, 5) is 63.6. The van der Waals surface area contributed by atoms with Gasteiger partial charge in [-0.05, 0) is 123 Å². The number of rotatable bonds is 19. The second-order valence-electron chi connectivity index (χ2n) is 20.7. The van der Waals surface area contributed by atoms with Crippen molar-refractivity contribution in [1.29, 1.82) is 0 Å². The SMILES string of the molecule is CC[C@H](CN1CC[C@@H](CN(Cc2ccc(Cl)c(Cl)c2)C(C)=O)N[C@@H](CCN2CCCCC2)C1=O)c1ccccc1.O=C(NC[C@@H]1CCN(Cc2cc(Cl)cc(Cl)c2)C(=O)[C@H](CCN2CCOCC2)N1)c1ccc(Cl)c(Cl)c1. The number of carbonyl (C=O) groups excluding carboxylic acids is 4. The van der Waals surface area contributed by atoms with Crippen molar-refractivity contribution < 1.29 is 23.9 Å². The fourth-order valence-electron chi connectivity index (χ4n) is 10.6. The van der Waals surface area contributed by atoms with Crippen molar-refractivity contribution in [2.75, 3.05) is 85.2 Å². The molecule has 4 aliphatic heterocycles. The number of halogens is 6. The van der Waals surface area contributed by atoms with Crippen LogP contribution < -0.4 is 16.0 Å². The van der Waals surface area contributed by atoms with Crippen molar-refractivity contribution in [2.45, 2.75) is 108 Å². The van der Waals surface area contributed by atoms with Gasteiger partial charge in [-0.15, -0.1) is 0 Å². The number of hydrogen-bond acceptors (Lipinski definition) is 9. The molecule has 418 valence electrons. The lowest BCUT2D eigenvalue weighted by Crippen LogP contribution is -2.50. The Bertz CT molecular complexity index is 2550. The maximum absolute atomic E-state index is 14.0. The molecule has 5 atom stereocenters. The molecule has 8 rings (SSSR count). The molecule has 4 aromatic rings. The lowest BCUT2D eigenvalue weighted by Gasteiger charge is -2.31. The summed E-state index contributed by atoms with van der Waals surface area (Å²) >= 11 is 36.8. The van der Waals surface area contributed by atoms with Crippen molar-refractivity contribution in [3.63, 3.8) is 0 Å². The Kier molecular flexibility index (Phi) is 24.3.